The van der Waals surface area contributed by atoms with E-state index in [1.54, 1.807) is 0 Å². The van der Waals surface area contributed by atoms with Crippen LogP contribution in [-0.2, 0) is 6.18 Å². The molecule has 1 nitrogen and oxygen atoms in total. The van der Waals surface area contributed by atoms with Gasteiger partial charge in [-0.3, -0.25) is 0 Å². The second kappa shape index (κ2) is 4.20. The molecule has 1 N–H and O–H groups in total. The van der Waals surface area contributed by atoms with Crippen molar-refractivity contribution in [3.05, 3.63) is 29.6 Å². The van der Waals surface area contributed by atoms with Crippen molar-refractivity contribution in [3.8, 4) is 0 Å². The van der Waals surface area contributed by atoms with Crippen LogP contribution in [0.25, 0.3) is 0 Å². The molecule has 0 aliphatic heterocycles. The summed E-state index contributed by atoms with van der Waals surface area (Å²) in [7, 11) is 0. The molecule has 1 fully saturated rings. The molecule has 0 spiro atoms. The van der Waals surface area contributed by atoms with Gasteiger partial charge < -0.3 is 5.32 Å². The number of hydrogen-bond acceptors (Lipinski definition) is 1. The van der Waals surface area contributed by atoms with E-state index in [9.17, 15) is 17.6 Å². The fourth-order valence-electron chi connectivity index (χ4n) is 2.05. The molecule has 1 aromatic rings. The molecule has 0 atom stereocenters. The first-order valence-electron chi connectivity index (χ1n) is 5.49. The zero-order valence-corrected chi connectivity index (χ0v) is 9.31. The highest BCUT2D eigenvalue weighted by Gasteiger charge is 2.32. The fourth-order valence-corrected chi connectivity index (χ4v) is 2.05. The molecule has 0 unspecified atom stereocenters. The third-order valence-electron chi connectivity index (χ3n) is 3.03. The van der Waals surface area contributed by atoms with Crippen molar-refractivity contribution in [2.45, 2.75) is 32.0 Å². The van der Waals surface area contributed by atoms with Crippen LogP contribution in [0.3, 0.4) is 0 Å². The summed E-state index contributed by atoms with van der Waals surface area (Å²) in [5, 5.41) is 2.91. The number of halogens is 4. The number of nitrogens with one attached hydrogen (secondary N) is 1. The maximum absolute atomic E-state index is 13.4. The van der Waals surface area contributed by atoms with Crippen molar-refractivity contribution >= 4 is 5.69 Å². The Labute approximate surface area is 96.8 Å². The Morgan fingerprint density at radius 2 is 1.88 bits per heavy atom. The normalized spacial score (nSPS) is 24.3. The minimum atomic E-state index is -4.50. The quantitative estimate of drug-likeness (QED) is 0.777. The highest BCUT2D eigenvalue weighted by Crippen LogP contribution is 2.33. The highest BCUT2D eigenvalue weighted by atomic mass is 19.4. The van der Waals surface area contributed by atoms with E-state index in [0.29, 0.717) is 12.0 Å². The van der Waals surface area contributed by atoms with Crippen LogP contribution >= 0.6 is 0 Å². The third kappa shape index (κ3) is 2.70. The largest absolute Gasteiger partial charge is 0.416 e. The summed E-state index contributed by atoms with van der Waals surface area (Å²) in [5.74, 6) is -0.246. The lowest BCUT2D eigenvalue weighted by molar-refractivity contribution is -0.137. The standard InChI is InChI=1S/C12H13F4N/c1-7-4-9(5-7)17-11-3-2-8(6-10(11)13)12(14,15)16/h2-3,6-7,9,17H,4-5H2,1H3. The second-order valence-electron chi connectivity index (χ2n) is 4.61. The van der Waals surface area contributed by atoms with Crippen molar-refractivity contribution in [3.63, 3.8) is 0 Å². The molecular weight excluding hydrogens is 234 g/mol. The molecule has 0 saturated heterocycles. The van der Waals surface area contributed by atoms with Gasteiger partial charge in [-0.25, -0.2) is 4.39 Å². The molecule has 0 radical (unpaired) electrons. The van der Waals surface area contributed by atoms with Gasteiger partial charge in [-0.1, -0.05) is 6.92 Å². The van der Waals surface area contributed by atoms with E-state index in [1.165, 1.54) is 0 Å². The molecular formula is C12H13F4N. The van der Waals surface area contributed by atoms with Crippen molar-refractivity contribution in [2.75, 3.05) is 5.32 Å². The second-order valence-corrected chi connectivity index (χ2v) is 4.61. The molecule has 0 heterocycles. The van der Waals surface area contributed by atoms with Crippen LogP contribution in [0.4, 0.5) is 23.2 Å². The van der Waals surface area contributed by atoms with Crippen molar-refractivity contribution in [1.82, 2.24) is 0 Å². The van der Waals surface area contributed by atoms with Crippen LogP contribution in [0.2, 0.25) is 0 Å². The Balaban J connectivity index is 2.09. The summed E-state index contributed by atoms with van der Waals surface area (Å²) in [5.41, 5.74) is -0.808. The summed E-state index contributed by atoms with van der Waals surface area (Å²) in [6.07, 6.45) is -2.63. The predicted molar refractivity (Wildman–Crippen MR) is 57.2 cm³/mol. The van der Waals surface area contributed by atoms with Gasteiger partial charge in [0.15, 0.2) is 0 Å². The van der Waals surface area contributed by atoms with Gasteiger partial charge in [0.2, 0.25) is 0 Å². The Bertz CT molecular complexity index is 407. The van der Waals surface area contributed by atoms with Gasteiger partial charge in [0.1, 0.15) is 5.82 Å². The Morgan fingerprint density at radius 1 is 1.24 bits per heavy atom. The Hall–Kier alpha value is -1.26. The molecule has 0 aromatic heterocycles. The smallest absolute Gasteiger partial charge is 0.380 e. The molecule has 5 heteroatoms. The van der Waals surface area contributed by atoms with E-state index in [-0.39, 0.29) is 11.7 Å². The summed E-state index contributed by atoms with van der Waals surface area (Å²) < 4.78 is 50.3. The van der Waals surface area contributed by atoms with E-state index in [4.69, 9.17) is 0 Å². The summed E-state index contributed by atoms with van der Waals surface area (Å²) in [6, 6.07) is 2.76. The predicted octanol–water partition coefficient (Wildman–Crippen LogP) is 4.05. The summed E-state index contributed by atoms with van der Waals surface area (Å²) in [6.45, 7) is 2.08. The zero-order chi connectivity index (χ0) is 12.6. The molecule has 94 valence electrons. The number of benzene rings is 1. The lowest BCUT2D eigenvalue weighted by Crippen LogP contribution is -2.34. The average Bonchev–Trinajstić information content (AvgIpc) is 2.16. The molecule has 2 rings (SSSR count). The van der Waals surface area contributed by atoms with Gasteiger partial charge >= 0.3 is 6.18 Å². The van der Waals surface area contributed by atoms with Gasteiger partial charge in [-0.2, -0.15) is 13.2 Å². The van der Waals surface area contributed by atoms with Crippen molar-refractivity contribution < 1.29 is 17.6 Å². The van der Waals surface area contributed by atoms with Gasteiger partial charge in [-0.15, -0.1) is 0 Å². The van der Waals surface area contributed by atoms with Gasteiger partial charge in [0.25, 0.3) is 0 Å². The lowest BCUT2D eigenvalue weighted by Gasteiger charge is -2.34. The van der Waals surface area contributed by atoms with Crippen LogP contribution in [0.5, 0.6) is 0 Å². The SMILES string of the molecule is CC1CC(Nc2ccc(C(F)(F)F)cc2F)C1. The van der Waals surface area contributed by atoms with E-state index >= 15 is 0 Å². The summed E-state index contributed by atoms with van der Waals surface area (Å²) in [4.78, 5) is 0. The van der Waals surface area contributed by atoms with Crippen molar-refractivity contribution in [2.24, 2.45) is 5.92 Å². The zero-order valence-electron chi connectivity index (χ0n) is 9.31. The monoisotopic (exact) mass is 247 g/mol. The van der Waals surface area contributed by atoms with E-state index in [2.05, 4.69) is 12.2 Å². The average molecular weight is 247 g/mol. The Morgan fingerprint density at radius 3 is 2.35 bits per heavy atom. The molecule has 1 aromatic carbocycles. The fraction of sp³-hybridized carbons (Fsp3) is 0.500. The molecule has 0 amide bonds. The Kier molecular flexibility index (Phi) is 3.02. The summed E-state index contributed by atoms with van der Waals surface area (Å²) >= 11 is 0. The first-order chi connectivity index (χ1) is 7.86. The first-order valence-corrected chi connectivity index (χ1v) is 5.49. The molecule has 1 aliphatic rings. The van der Waals surface area contributed by atoms with Gasteiger partial charge in [0, 0.05) is 6.04 Å². The minimum Gasteiger partial charge on any atom is -0.380 e. The topological polar surface area (TPSA) is 12.0 Å². The van der Waals surface area contributed by atoms with Crippen LogP contribution < -0.4 is 5.32 Å². The third-order valence-corrected chi connectivity index (χ3v) is 3.03. The minimum absolute atomic E-state index is 0.148. The van der Waals surface area contributed by atoms with Gasteiger partial charge in [0.05, 0.1) is 11.3 Å². The number of hydrogen-bond donors (Lipinski definition) is 1. The molecule has 1 saturated carbocycles. The number of anilines is 1. The maximum Gasteiger partial charge on any atom is 0.416 e. The van der Waals surface area contributed by atoms with E-state index in [0.717, 1.165) is 25.0 Å². The first kappa shape index (κ1) is 12.2. The molecule has 0 bridgehead atoms. The number of rotatable bonds is 2. The van der Waals surface area contributed by atoms with Crippen LogP contribution in [0, 0.1) is 11.7 Å². The van der Waals surface area contributed by atoms with Crippen LogP contribution in [0.15, 0.2) is 18.2 Å². The van der Waals surface area contributed by atoms with E-state index < -0.39 is 17.6 Å². The molecule has 17 heavy (non-hydrogen) atoms. The maximum atomic E-state index is 13.4. The van der Waals surface area contributed by atoms with E-state index in [1.807, 2.05) is 0 Å². The van der Waals surface area contributed by atoms with Crippen molar-refractivity contribution in [1.29, 1.82) is 0 Å². The number of alkyl halides is 3. The van der Waals surface area contributed by atoms with Crippen LogP contribution in [0.1, 0.15) is 25.3 Å². The van der Waals surface area contributed by atoms with Gasteiger partial charge in [-0.05, 0) is 37.0 Å². The molecule has 1 aliphatic carbocycles. The highest BCUT2D eigenvalue weighted by molar-refractivity contribution is 5.48. The van der Waals surface area contributed by atoms with Crippen LogP contribution in [-0.4, -0.2) is 6.04 Å². The lowest BCUT2D eigenvalue weighted by atomic mass is 9.82.